The Morgan fingerprint density at radius 3 is 2.60 bits per heavy atom. The number of nitriles is 1. The maximum atomic E-state index is 12.8. The fourth-order valence-electron chi connectivity index (χ4n) is 1.53. The third-order valence-electron chi connectivity index (χ3n) is 2.48. The van der Waals surface area contributed by atoms with E-state index in [4.69, 9.17) is 5.26 Å². The molecule has 20 heavy (non-hydrogen) atoms. The largest absolute Gasteiger partial charge is 0.506 e. The molecular formula is C13H9FN2O3S. The van der Waals surface area contributed by atoms with Crippen molar-refractivity contribution in [2.45, 2.75) is 4.90 Å². The standard InChI is InChI=1S/C13H9FN2O3S/c14-10-4-5-12(13(17)7-10)16-20(18,19)11-3-1-2-9(6-11)8-15/h1-7,16-17H. The average molecular weight is 292 g/mol. The van der Waals surface area contributed by atoms with Gasteiger partial charge in [0.25, 0.3) is 10.0 Å². The van der Waals surface area contributed by atoms with Crippen LogP contribution in [-0.4, -0.2) is 13.5 Å². The molecule has 0 fully saturated rings. The van der Waals surface area contributed by atoms with Crippen LogP contribution >= 0.6 is 0 Å². The Kier molecular flexibility index (Phi) is 3.59. The first-order valence-electron chi connectivity index (χ1n) is 5.44. The normalized spacial score (nSPS) is 10.8. The molecule has 0 saturated carbocycles. The van der Waals surface area contributed by atoms with Gasteiger partial charge < -0.3 is 5.11 Å². The van der Waals surface area contributed by atoms with Crippen LogP contribution < -0.4 is 4.72 Å². The van der Waals surface area contributed by atoms with Gasteiger partial charge >= 0.3 is 0 Å². The Labute approximate surface area is 115 Å². The Morgan fingerprint density at radius 2 is 1.95 bits per heavy atom. The number of hydrogen-bond acceptors (Lipinski definition) is 4. The fraction of sp³-hybridized carbons (Fsp3) is 0. The van der Waals surface area contributed by atoms with Crippen LogP contribution in [-0.2, 0) is 10.0 Å². The van der Waals surface area contributed by atoms with Crippen LogP contribution in [0.2, 0.25) is 0 Å². The van der Waals surface area contributed by atoms with Crippen molar-refractivity contribution in [3.05, 3.63) is 53.8 Å². The van der Waals surface area contributed by atoms with Crippen molar-refractivity contribution < 1.29 is 17.9 Å². The molecule has 0 amide bonds. The lowest BCUT2D eigenvalue weighted by molar-refractivity contribution is 0.471. The second-order valence-corrected chi connectivity index (χ2v) is 5.59. The third kappa shape index (κ3) is 2.87. The van der Waals surface area contributed by atoms with Crippen molar-refractivity contribution in [1.82, 2.24) is 0 Å². The lowest BCUT2D eigenvalue weighted by atomic mass is 10.2. The van der Waals surface area contributed by atoms with Crippen molar-refractivity contribution in [3.63, 3.8) is 0 Å². The second kappa shape index (κ2) is 5.19. The number of phenols is 1. The predicted octanol–water partition coefficient (Wildman–Crippen LogP) is 2.20. The molecule has 2 aromatic carbocycles. The monoisotopic (exact) mass is 292 g/mol. The minimum Gasteiger partial charge on any atom is -0.506 e. The van der Waals surface area contributed by atoms with E-state index >= 15 is 0 Å². The first-order chi connectivity index (χ1) is 9.42. The van der Waals surface area contributed by atoms with Crippen molar-refractivity contribution in [3.8, 4) is 11.8 Å². The molecule has 0 unspecified atom stereocenters. The van der Waals surface area contributed by atoms with Gasteiger partial charge in [0.05, 0.1) is 22.2 Å². The summed E-state index contributed by atoms with van der Waals surface area (Å²) < 4.78 is 39.1. The minimum atomic E-state index is -3.96. The van der Waals surface area contributed by atoms with E-state index in [2.05, 4.69) is 4.72 Å². The summed E-state index contributed by atoms with van der Waals surface area (Å²) in [4.78, 5) is -0.125. The van der Waals surface area contributed by atoms with Crippen molar-refractivity contribution in [2.75, 3.05) is 4.72 Å². The highest BCUT2D eigenvalue weighted by molar-refractivity contribution is 7.92. The summed E-state index contributed by atoms with van der Waals surface area (Å²) in [5.41, 5.74) is 0.0463. The van der Waals surface area contributed by atoms with E-state index in [1.54, 1.807) is 0 Å². The highest BCUT2D eigenvalue weighted by Crippen LogP contribution is 2.26. The zero-order valence-electron chi connectivity index (χ0n) is 10.0. The molecule has 0 aliphatic rings. The lowest BCUT2D eigenvalue weighted by Crippen LogP contribution is -2.13. The molecule has 0 spiro atoms. The van der Waals surface area contributed by atoms with Gasteiger partial charge in [-0.1, -0.05) is 6.07 Å². The molecule has 0 aliphatic heterocycles. The first-order valence-corrected chi connectivity index (χ1v) is 6.92. The molecule has 7 heteroatoms. The van der Waals surface area contributed by atoms with E-state index in [1.807, 2.05) is 6.07 Å². The number of sulfonamides is 1. The van der Waals surface area contributed by atoms with Crippen molar-refractivity contribution >= 4 is 15.7 Å². The topological polar surface area (TPSA) is 90.2 Å². The van der Waals surface area contributed by atoms with Gasteiger partial charge in [-0.2, -0.15) is 5.26 Å². The summed E-state index contributed by atoms with van der Waals surface area (Å²) in [6, 6.07) is 10.2. The smallest absolute Gasteiger partial charge is 0.262 e. The summed E-state index contributed by atoms with van der Waals surface area (Å²) in [5.74, 6) is -1.21. The average Bonchev–Trinajstić information content (AvgIpc) is 2.42. The van der Waals surface area contributed by atoms with E-state index < -0.39 is 21.6 Å². The molecule has 2 N–H and O–H groups in total. The van der Waals surface area contributed by atoms with Gasteiger partial charge in [-0.25, -0.2) is 12.8 Å². The summed E-state index contributed by atoms with van der Waals surface area (Å²) in [6.07, 6.45) is 0. The number of rotatable bonds is 3. The first kappa shape index (κ1) is 13.8. The second-order valence-electron chi connectivity index (χ2n) is 3.91. The van der Waals surface area contributed by atoms with E-state index in [-0.39, 0.29) is 16.1 Å². The predicted molar refractivity (Wildman–Crippen MR) is 70.0 cm³/mol. The van der Waals surface area contributed by atoms with Gasteiger partial charge in [0.1, 0.15) is 11.6 Å². The number of benzene rings is 2. The Hall–Kier alpha value is -2.59. The number of halogens is 1. The highest BCUT2D eigenvalue weighted by atomic mass is 32.2. The summed E-state index contributed by atoms with van der Waals surface area (Å²) in [6.45, 7) is 0. The van der Waals surface area contributed by atoms with Gasteiger partial charge in [-0.05, 0) is 30.3 Å². The van der Waals surface area contributed by atoms with Crippen molar-refractivity contribution in [2.24, 2.45) is 0 Å². The van der Waals surface area contributed by atoms with Crippen LogP contribution in [0.1, 0.15) is 5.56 Å². The van der Waals surface area contributed by atoms with Gasteiger partial charge in [0.2, 0.25) is 0 Å². The Bertz CT molecular complexity index is 798. The molecule has 5 nitrogen and oxygen atoms in total. The molecule has 0 bridgehead atoms. The number of hydrogen-bond donors (Lipinski definition) is 2. The molecule has 0 aromatic heterocycles. The number of nitrogens with one attached hydrogen (secondary N) is 1. The fourth-order valence-corrected chi connectivity index (χ4v) is 2.65. The van der Waals surface area contributed by atoms with Crippen LogP contribution in [0, 0.1) is 17.1 Å². The van der Waals surface area contributed by atoms with Gasteiger partial charge in [-0.15, -0.1) is 0 Å². The van der Waals surface area contributed by atoms with Gasteiger partial charge in [-0.3, -0.25) is 4.72 Å². The maximum Gasteiger partial charge on any atom is 0.262 e. The summed E-state index contributed by atoms with van der Waals surface area (Å²) in [7, 11) is -3.96. The van der Waals surface area contributed by atoms with E-state index in [0.29, 0.717) is 0 Å². The summed E-state index contributed by atoms with van der Waals surface area (Å²) >= 11 is 0. The van der Waals surface area contributed by atoms with Crippen LogP contribution in [0.3, 0.4) is 0 Å². The Balaban J connectivity index is 2.38. The number of nitrogens with zero attached hydrogens (tertiary/aromatic N) is 1. The van der Waals surface area contributed by atoms with Gasteiger partial charge in [0, 0.05) is 6.07 Å². The highest BCUT2D eigenvalue weighted by Gasteiger charge is 2.16. The summed E-state index contributed by atoms with van der Waals surface area (Å²) in [5, 5.41) is 18.2. The molecule has 2 rings (SSSR count). The molecule has 102 valence electrons. The number of phenolic OH excluding ortho intramolecular Hbond substituents is 1. The quantitative estimate of drug-likeness (QED) is 0.849. The molecule has 0 heterocycles. The molecule has 0 aliphatic carbocycles. The molecule has 0 saturated heterocycles. The van der Waals surface area contributed by atoms with Gasteiger partial charge in [0.15, 0.2) is 0 Å². The van der Waals surface area contributed by atoms with Crippen LogP contribution in [0.4, 0.5) is 10.1 Å². The third-order valence-corrected chi connectivity index (χ3v) is 3.84. The number of aromatic hydroxyl groups is 1. The van der Waals surface area contributed by atoms with Crippen LogP contribution in [0.25, 0.3) is 0 Å². The molecular weight excluding hydrogens is 283 g/mol. The Morgan fingerprint density at radius 1 is 1.20 bits per heavy atom. The number of anilines is 1. The maximum absolute atomic E-state index is 12.8. The van der Waals surface area contributed by atoms with E-state index in [1.165, 1.54) is 24.3 Å². The molecule has 0 atom stereocenters. The van der Waals surface area contributed by atoms with Crippen LogP contribution in [0.5, 0.6) is 5.75 Å². The minimum absolute atomic E-state index is 0.125. The molecule has 2 aromatic rings. The zero-order chi connectivity index (χ0) is 14.8. The van der Waals surface area contributed by atoms with E-state index in [9.17, 15) is 17.9 Å². The zero-order valence-corrected chi connectivity index (χ0v) is 10.9. The van der Waals surface area contributed by atoms with Crippen molar-refractivity contribution in [1.29, 1.82) is 5.26 Å². The van der Waals surface area contributed by atoms with E-state index in [0.717, 1.165) is 18.2 Å². The van der Waals surface area contributed by atoms with Crippen LogP contribution in [0.15, 0.2) is 47.4 Å². The molecule has 0 radical (unpaired) electrons. The lowest BCUT2D eigenvalue weighted by Gasteiger charge is -2.09. The SMILES string of the molecule is N#Cc1cccc(S(=O)(=O)Nc2ccc(F)cc2O)c1.